The smallest absolute Gasteiger partial charge is 0.328 e. The quantitative estimate of drug-likeness (QED) is 0.808. The molecular weight excluding hydrogens is 336 g/mol. The first kappa shape index (κ1) is 18.1. The van der Waals surface area contributed by atoms with Gasteiger partial charge in [0, 0.05) is 31.1 Å². The van der Waals surface area contributed by atoms with Crippen molar-refractivity contribution in [3.8, 4) is 0 Å². The fraction of sp³-hybridized carbons (Fsp3) is 0.444. The molecule has 3 rings (SSSR count). The summed E-state index contributed by atoms with van der Waals surface area (Å²) >= 11 is 0. The van der Waals surface area contributed by atoms with Crippen LogP contribution in [0.2, 0.25) is 0 Å². The van der Waals surface area contributed by atoms with Gasteiger partial charge in [0.05, 0.1) is 18.3 Å². The van der Waals surface area contributed by atoms with Crippen LogP contribution < -0.4 is 11.2 Å². The molecule has 26 heavy (non-hydrogen) atoms. The second-order valence-electron chi connectivity index (χ2n) is 6.43. The van der Waals surface area contributed by atoms with Crippen LogP contribution in [0.25, 0.3) is 0 Å². The molecule has 0 radical (unpaired) electrons. The monoisotopic (exact) mass is 358 g/mol. The van der Waals surface area contributed by atoms with Crippen LogP contribution in [0.3, 0.4) is 0 Å². The highest BCUT2D eigenvalue weighted by Crippen LogP contribution is 2.15. The molecule has 0 spiro atoms. The lowest BCUT2D eigenvalue weighted by Crippen LogP contribution is -2.41. The van der Waals surface area contributed by atoms with Crippen LogP contribution in [0.5, 0.6) is 0 Å². The maximum Gasteiger partial charge on any atom is 0.328 e. The summed E-state index contributed by atoms with van der Waals surface area (Å²) in [6.07, 6.45) is 4.97. The molecular formula is C18H22N4O4. The molecule has 1 atom stereocenters. The predicted octanol–water partition coefficient (Wildman–Crippen LogP) is 0.448. The average molecular weight is 358 g/mol. The van der Waals surface area contributed by atoms with Crippen molar-refractivity contribution in [1.82, 2.24) is 19.4 Å². The highest BCUT2D eigenvalue weighted by atomic mass is 16.5. The number of aromatic amines is 1. The summed E-state index contributed by atoms with van der Waals surface area (Å²) in [6, 6.07) is 5.54. The van der Waals surface area contributed by atoms with Crippen LogP contribution in [0, 0.1) is 6.92 Å². The molecule has 1 unspecified atom stereocenters. The first-order chi connectivity index (χ1) is 12.5. The summed E-state index contributed by atoms with van der Waals surface area (Å²) < 4.78 is 6.87. The number of carbonyl (C=O) groups excluding carboxylic acids is 1. The van der Waals surface area contributed by atoms with Crippen LogP contribution in [0.15, 0.2) is 40.2 Å². The minimum absolute atomic E-state index is 0.00306. The molecule has 0 bridgehead atoms. The summed E-state index contributed by atoms with van der Waals surface area (Å²) in [4.78, 5) is 44.4. The Hall–Kier alpha value is -2.74. The van der Waals surface area contributed by atoms with Gasteiger partial charge in [0.1, 0.15) is 6.54 Å². The first-order valence-electron chi connectivity index (χ1n) is 8.62. The molecule has 1 saturated heterocycles. The molecule has 1 fully saturated rings. The third-order valence-electron chi connectivity index (χ3n) is 4.37. The number of amides is 1. The molecule has 1 N–H and O–H groups in total. The maximum atomic E-state index is 12.8. The van der Waals surface area contributed by atoms with E-state index in [1.165, 1.54) is 10.8 Å². The highest BCUT2D eigenvalue weighted by Gasteiger charge is 2.23. The lowest BCUT2D eigenvalue weighted by Gasteiger charge is -2.25. The SMILES string of the molecule is Cc1cn(CC(=O)N(Cc2ccccn2)CC2CCCO2)c(=O)[nH]c1=O. The Morgan fingerprint density at radius 1 is 1.42 bits per heavy atom. The Morgan fingerprint density at radius 2 is 2.27 bits per heavy atom. The van der Waals surface area contributed by atoms with Crippen molar-refractivity contribution < 1.29 is 9.53 Å². The van der Waals surface area contributed by atoms with Crippen molar-refractivity contribution >= 4 is 5.91 Å². The third-order valence-corrected chi connectivity index (χ3v) is 4.37. The van der Waals surface area contributed by atoms with Gasteiger partial charge in [0.15, 0.2) is 0 Å². The zero-order valence-electron chi connectivity index (χ0n) is 14.7. The van der Waals surface area contributed by atoms with Crippen molar-refractivity contribution in [2.75, 3.05) is 13.2 Å². The summed E-state index contributed by atoms with van der Waals surface area (Å²) in [7, 11) is 0. The van der Waals surface area contributed by atoms with Gasteiger partial charge in [-0.1, -0.05) is 6.07 Å². The van der Waals surface area contributed by atoms with Crippen molar-refractivity contribution in [1.29, 1.82) is 0 Å². The zero-order chi connectivity index (χ0) is 18.5. The van der Waals surface area contributed by atoms with E-state index in [4.69, 9.17) is 4.74 Å². The number of ether oxygens (including phenoxy) is 1. The molecule has 0 aliphatic carbocycles. The van der Waals surface area contributed by atoms with E-state index in [-0.39, 0.29) is 18.6 Å². The highest BCUT2D eigenvalue weighted by molar-refractivity contribution is 5.76. The molecule has 1 aliphatic rings. The number of nitrogens with zero attached hydrogens (tertiary/aromatic N) is 3. The molecule has 8 nitrogen and oxygen atoms in total. The number of hydrogen-bond acceptors (Lipinski definition) is 5. The van der Waals surface area contributed by atoms with E-state index < -0.39 is 11.2 Å². The Morgan fingerprint density at radius 3 is 2.96 bits per heavy atom. The van der Waals surface area contributed by atoms with E-state index in [9.17, 15) is 14.4 Å². The van der Waals surface area contributed by atoms with Gasteiger partial charge in [0.25, 0.3) is 5.56 Å². The van der Waals surface area contributed by atoms with Gasteiger partial charge >= 0.3 is 5.69 Å². The van der Waals surface area contributed by atoms with Crippen LogP contribution >= 0.6 is 0 Å². The number of H-pyrrole nitrogens is 1. The number of aryl methyl sites for hydroxylation is 1. The minimum atomic E-state index is -0.594. The third kappa shape index (κ3) is 4.45. The normalized spacial score (nSPS) is 16.6. The fourth-order valence-electron chi connectivity index (χ4n) is 2.96. The molecule has 138 valence electrons. The maximum absolute atomic E-state index is 12.8. The topological polar surface area (TPSA) is 97.3 Å². The van der Waals surface area contributed by atoms with Gasteiger partial charge in [-0.15, -0.1) is 0 Å². The fourth-order valence-corrected chi connectivity index (χ4v) is 2.96. The van der Waals surface area contributed by atoms with Gasteiger partial charge in [-0.2, -0.15) is 0 Å². The van der Waals surface area contributed by atoms with Crippen LogP contribution in [0.1, 0.15) is 24.1 Å². The van der Waals surface area contributed by atoms with Crippen LogP contribution in [-0.2, 0) is 22.6 Å². The van der Waals surface area contributed by atoms with E-state index in [1.807, 2.05) is 18.2 Å². The summed E-state index contributed by atoms with van der Waals surface area (Å²) in [5.74, 6) is -0.222. The van der Waals surface area contributed by atoms with E-state index in [0.29, 0.717) is 25.3 Å². The van der Waals surface area contributed by atoms with Crippen LogP contribution in [0.4, 0.5) is 0 Å². The number of pyridine rings is 1. The summed E-state index contributed by atoms with van der Waals surface area (Å²) in [5.41, 5.74) is 0.115. The number of hydrogen-bond donors (Lipinski definition) is 1. The molecule has 2 aromatic heterocycles. The van der Waals surface area contributed by atoms with Gasteiger partial charge in [-0.05, 0) is 31.9 Å². The molecule has 1 aliphatic heterocycles. The predicted molar refractivity (Wildman–Crippen MR) is 94.7 cm³/mol. The first-order valence-corrected chi connectivity index (χ1v) is 8.62. The van der Waals surface area contributed by atoms with Crippen molar-refractivity contribution in [3.05, 3.63) is 62.7 Å². The van der Waals surface area contributed by atoms with Gasteiger partial charge in [0.2, 0.25) is 5.91 Å². The Labute approximate surface area is 150 Å². The average Bonchev–Trinajstić information content (AvgIpc) is 3.13. The molecule has 0 saturated carbocycles. The van der Waals surface area contributed by atoms with Gasteiger partial charge < -0.3 is 9.64 Å². The molecule has 8 heteroatoms. The zero-order valence-corrected chi connectivity index (χ0v) is 14.7. The van der Waals surface area contributed by atoms with E-state index >= 15 is 0 Å². The molecule has 0 aromatic carbocycles. The number of carbonyl (C=O) groups is 1. The summed E-state index contributed by atoms with van der Waals surface area (Å²) in [5, 5.41) is 0. The number of aromatic nitrogens is 3. The Kier molecular flexibility index (Phi) is 5.62. The lowest BCUT2D eigenvalue weighted by molar-refractivity contribution is -0.134. The van der Waals surface area contributed by atoms with E-state index in [0.717, 1.165) is 18.5 Å². The summed E-state index contributed by atoms with van der Waals surface area (Å²) in [6.45, 7) is 2.95. The van der Waals surface area contributed by atoms with Gasteiger partial charge in [-0.3, -0.25) is 24.1 Å². The van der Waals surface area contributed by atoms with E-state index in [1.54, 1.807) is 18.0 Å². The lowest BCUT2D eigenvalue weighted by atomic mass is 10.2. The standard InChI is InChI=1S/C18H22N4O4/c1-13-9-22(18(25)20-17(13)24)12-16(23)21(11-15-6-4-8-26-15)10-14-5-2-3-7-19-14/h2-3,5,7,9,15H,4,6,8,10-12H2,1H3,(H,20,24,25). The Balaban J connectivity index is 1.78. The number of rotatable bonds is 6. The second-order valence-corrected chi connectivity index (χ2v) is 6.43. The van der Waals surface area contributed by atoms with Crippen LogP contribution in [-0.4, -0.2) is 44.6 Å². The largest absolute Gasteiger partial charge is 0.376 e. The Bertz CT molecular complexity index is 869. The molecule has 3 heterocycles. The number of nitrogens with one attached hydrogen (secondary N) is 1. The van der Waals surface area contributed by atoms with Gasteiger partial charge in [-0.25, -0.2) is 4.79 Å². The minimum Gasteiger partial charge on any atom is -0.376 e. The second kappa shape index (κ2) is 8.09. The molecule has 1 amide bonds. The van der Waals surface area contributed by atoms with E-state index in [2.05, 4.69) is 9.97 Å². The van der Waals surface area contributed by atoms with Crippen molar-refractivity contribution in [3.63, 3.8) is 0 Å². The van der Waals surface area contributed by atoms with Crippen molar-refractivity contribution in [2.24, 2.45) is 0 Å². The molecule has 2 aromatic rings. The van der Waals surface area contributed by atoms with Crippen molar-refractivity contribution in [2.45, 2.75) is 39.0 Å².